The molecular weight excluding hydrogens is 394 g/mol. The molecule has 1 aliphatic rings. The van der Waals surface area contributed by atoms with E-state index in [-0.39, 0.29) is 17.7 Å². The van der Waals surface area contributed by atoms with Gasteiger partial charge in [0.2, 0.25) is 5.91 Å². The van der Waals surface area contributed by atoms with Crippen LogP contribution in [-0.4, -0.2) is 55.4 Å². The van der Waals surface area contributed by atoms with Gasteiger partial charge in [-0.1, -0.05) is 17.2 Å². The van der Waals surface area contributed by atoms with Crippen molar-refractivity contribution < 1.29 is 19.1 Å². The number of likely N-dealkylation sites (N-methyl/N-ethyl adjacent to an activating group) is 1. The van der Waals surface area contributed by atoms with Gasteiger partial charge in [-0.05, 0) is 63.1 Å². The van der Waals surface area contributed by atoms with Crippen molar-refractivity contribution in [3.63, 3.8) is 0 Å². The fourth-order valence-corrected chi connectivity index (χ4v) is 4.05. The zero-order chi connectivity index (χ0) is 22.6. The van der Waals surface area contributed by atoms with E-state index in [9.17, 15) is 14.4 Å². The van der Waals surface area contributed by atoms with E-state index in [1.165, 1.54) is 0 Å². The number of nitrogens with zero attached hydrogens (tertiary/aromatic N) is 1. The lowest BCUT2D eigenvalue weighted by Gasteiger charge is -2.41. The molecule has 0 unspecified atom stereocenters. The highest BCUT2D eigenvalue weighted by Gasteiger charge is 2.43. The first-order valence-electron chi connectivity index (χ1n) is 10.3. The molecule has 2 aromatic rings. The Morgan fingerprint density at radius 3 is 2.03 bits per heavy atom. The van der Waals surface area contributed by atoms with Crippen molar-refractivity contribution >= 4 is 17.7 Å². The largest absolute Gasteiger partial charge is 0.497 e. The lowest BCUT2D eigenvalue weighted by atomic mass is 9.85. The molecule has 0 radical (unpaired) electrons. The Morgan fingerprint density at radius 2 is 1.52 bits per heavy atom. The van der Waals surface area contributed by atoms with Gasteiger partial charge in [0.1, 0.15) is 11.3 Å². The van der Waals surface area contributed by atoms with Crippen molar-refractivity contribution in [2.75, 3.05) is 27.2 Å². The molecule has 3 amide bonds. The van der Waals surface area contributed by atoms with Gasteiger partial charge in [0.05, 0.1) is 7.11 Å². The minimum Gasteiger partial charge on any atom is -0.497 e. The van der Waals surface area contributed by atoms with Crippen LogP contribution < -0.4 is 15.4 Å². The number of rotatable bonds is 5. The second kappa shape index (κ2) is 9.20. The molecule has 0 aromatic heterocycles. The highest BCUT2D eigenvalue weighted by molar-refractivity contribution is 6.00. The molecule has 7 nitrogen and oxygen atoms in total. The van der Waals surface area contributed by atoms with Crippen molar-refractivity contribution in [1.29, 1.82) is 0 Å². The van der Waals surface area contributed by atoms with Crippen LogP contribution in [0.1, 0.15) is 44.7 Å². The smallest absolute Gasteiger partial charge is 0.253 e. The second-order valence-corrected chi connectivity index (χ2v) is 8.01. The normalized spacial score (nSPS) is 15.2. The third-order valence-corrected chi connectivity index (χ3v) is 5.74. The van der Waals surface area contributed by atoms with E-state index < -0.39 is 5.54 Å². The molecule has 0 saturated carbocycles. The van der Waals surface area contributed by atoms with Crippen molar-refractivity contribution in [2.45, 2.75) is 32.2 Å². The van der Waals surface area contributed by atoms with Gasteiger partial charge in [0.15, 0.2) is 0 Å². The monoisotopic (exact) mass is 423 g/mol. The minimum atomic E-state index is -1.06. The Labute approximate surface area is 182 Å². The van der Waals surface area contributed by atoms with Gasteiger partial charge >= 0.3 is 0 Å². The molecule has 3 rings (SSSR count). The van der Waals surface area contributed by atoms with E-state index >= 15 is 0 Å². The van der Waals surface area contributed by atoms with Crippen LogP contribution >= 0.6 is 0 Å². The topological polar surface area (TPSA) is 87.7 Å². The number of ether oxygens (including phenoxy) is 1. The van der Waals surface area contributed by atoms with Crippen LogP contribution in [0, 0.1) is 13.8 Å². The van der Waals surface area contributed by atoms with Crippen LogP contribution in [0.3, 0.4) is 0 Å². The van der Waals surface area contributed by atoms with Gasteiger partial charge < -0.3 is 20.3 Å². The Kier molecular flexibility index (Phi) is 6.63. The highest BCUT2D eigenvalue weighted by atomic mass is 16.5. The van der Waals surface area contributed by atoms with Gasteiger partial charge in [0.25, 0.3) is 11.8 Å². The van der Waals surface area contributed by atoms with Crippen molar-refractivity contribution in [3.8, 4) is 5.75 Å². The molecule has 0 aliphatic carbocycles. The summed E-state index contributed by atoms with van der Waals surface area (Å²) in [5, 5.41) is 5.59. The van der Waals surface area contributed by atoms with Crippen LogP contribution in [0.5, 0.6) is 5.75 Å². The molecule has 1 saturated heterocycles. The summed E-state index contributed by atoms with van der Waals surface area (Å²) in [5.74, 6) is 0.00255. The van der Waals surface area contributed by atoms with Crippen molar-refractivity contribution in [2.24, 2.45) is 0 Å². The van der Waals surface area contributed by atoms with Crippen molar-refractivity contribution in [1.82, 2.24) is 15.5 Å². The number of methoxy groups -OCH3 is 1. The number of likely N-dealkylation sites (tertiary alicyclic amines) is 1. The van der Waals surface area contributed by atoms with E-state index in [1.807, 2.05) is 32.0 Å². The summed E-state index contributed by atoms with van der Waals surface area (Å²) in [6, 6.07) is 12.5. The molecule has 0 spiro atoms. The Hall–Kier alpha value is -3.35. The van der Waals surface area contributed by atoms with Gasteiger partial charge in [-0.25, -0.2) is 0 Å². The number of aryl methyl sites for hydroxylation is 2. The predicted molar refractivity (Wildman–Crippen MR) is 118 cm³/mol. The SMILES string of the molecule is CNC(=O)C1(NC(=O)c2ccc(OC)cc2)CCN(C(=O)c2cc(C)cc(C)c2)CC1. The summed E-state index contributed by atoms with van der Waals surface area (Å²) >= 11 is 0. The highest BCUT2D eigenvalue weighted by Crippen LogP contribution is 2.25. The molecular formula is C24H29N3O4. The molecule has 0 bridgehead atoms. The number of amides is 3. The summed E-state index contributed by atoms with van der Waals surface area (Å²) in [6.07, 6.45) is 0.677. The summed E-state index contributed by atoms with van der Waals surface area (Å²) in [7, 11) is 3.11. The summed E-state index contributed by atoms with van der Waals surface area (Å²) < 4.78 is 5.13. The number of benzene rings is 2. The second-order valence-electron chi connectivity index (χ2n) is 8.01. The van der Waals surface area contributed by atoms with Crippen LogP contribution in [0.4, 0.5) is 0 Å². The molecule has 164 valence electrons. The Morgan fingerprint density at radius 1 is 0.935 bits per heavy atom. The average molecular weight is 424 g/mol. The van der Waals surface area contributed by atoms with E-state index in [0.29, 0.717) is 42.8 Å². The first-order valence-corrected chi connectivity index (χ1v) is 10.3. The first kappa shape index (κ1) is 22.3. The maximum absolute atomic E-state index is 13.0. The average Bonchev–Trinajstić information content (AvgIpc) is 2.77. The van der Waals surface area contributed by atoms with Crippen LogP contribution in [-0.2, 0) is 4.79 Å². The summed E-state index contributed by atoms with van der Waals surface area (Å²) in [5.41, 5.74) is 2.09. The molecule has 1 heterocycles. The van der Waals surface area contributed by atoms with Gasteiger partial charge in [-0.15, -0.1) is 0 Å². The van der Waals surface area contributed by atoms with E-state index in [2.05, 4.69) is 10.6 Å². The number of carbonyl (C=O) groups is 3. The zero-order valence-corrected chi connectivity index (χ0v) is 18.5. The quantitative estimate of drug-likeness (QED) is 0.773. The van der Waals surface area contributed by atoms with E-state index in [0.717, 1.165) is 11.1 Å². The minimum absolute atomic E-state index is 0.0567. The molecule has 0 atom stereocenters. The summed E-state index contributed by atoms with van der Waals surface area (Å²) in [6.45, 7) is 4.68. The molecule has 31 heavy (non-hydrogen) atoms. The fraction of sp³-hybridized carbons (Fsp3) is 0.375. The van der Waals surface area contributed by atoms with Crippen LogP contribution in [0.15, 0.2) is 42.5 Å². The lowest BCUT2D eigenvalue weighted by Crippen LogP contribution is -2.63. The number of carbonyl (C=O) groups excluding carboxylic acids is 3. The molecule has 1 fully saturated rings. The van der Waals surface area contributed by atoms with Crippen LogP contribution in [0.2, 0.25) is 0 Å². The molecule has 2 aromatic carbocycles. The Balaban J connectivity index is 1.74. The third-order valence-electron chi connectivity index (χ3n) is 5.74. The first-order chi connectivity index (χ1) is 14.8. The van der Waals surface area contributed by atoms with Gasteiger partial charge in [-0.2, -0.15) is 0 Å². The van der Waals surface area contributed by atoms with E-state index in [1.54, 1.807) is 43.3 Å². The van der Waals surface area contributed by atoms with E-state index in [4.69, 9.17) is 4.74 Å². The molecule has 2 N–H and O–H groups in total. The standard InChI is InChI=1S/C24H29N3O4/c1-16-13-17(2)15-19(14-16)22(29)27-11-9-24(10-12-27,23(30)25-3)26-21(28)18-5-7-20(31-4)8-6-18/h5-8,13-15H,9-12H2,1-4H3,(H,25,30)(H,26,28). The summed E-state index contributed by atoms with van der Waals surface area (Å²) in [4.78, 5) is 40.3. The van der Waals surface area contributed by atoms with Gasteiger partial charge in [-0.3, -0.25) is 14.4 Å². The zero-order valence-electron chi connectivity index (χ0n) is 18.5. The lowest BCUT2D eigenvalue weighted by molar-refractivity contribution is -0.128. The van der Waals surface area contributed by atoms with Crippen molar-refractivity contribution in [3.05, 3.63) is 64.7 Å². The number of piperidine rings is 1. The number of nitrogens with one attached hydrogen (secondary N) is 2. The fourth-order valence-electron chi connectivity index (χ4n) is 4.05. The maximum atomic E-state index is 13.0. The Bertz CT molecular complexity index is 957. The molecule has 7 heteroatoms. The third kappa shape index (κ3) is 4.87. The van der Waals surface area contributed by atoms with Crippen LogP contribution in [0.25, 0.3) is 0 Å². The predicted octanol–water partition coefficient (Wildman–Crippen LogP) is 2.46. The maximum Gasteiger partial charge on any atom is 0.253 e. The number of hydrogen-bond donors (Lipinski definition) is 2. The van der Waals surface area contributed by atoms with Gasteiger partial charge in [0, 0.05) is 31.3 Å². The number of hydrogen-bond acceptors (Lipinski definition) is 4. The molecule has 1 aliphatic heterocycles.